The highest BCUT2D eigenvalue weighted by Gasteiger charge is 2.33. The van der Waals surface area contributed by atoms with Crippen molar-refractivity contribution in [3.8, 4) is 0 Å². The lowest BCUT2D eigenvalue weighted by molar-refractivity contribution is 0.0592. The van der Waals surface area contributed by atoms with Crippen molar-refractivity contribution in [1.29, 1.82) is 0 Å². The molecule has 0 amide bonds. The zero-order valence-corrected chi connectivity index (χ0v) is 7.45. The van der Waals surface area contributed by atoms with Gasteiger partial charge in [-0.1, -0.05) is 0 Å². The lowest BCUT2D eigenvalue weighted by Crippen LogP contribution is -2.16. The van der Waals surface area contributed by atoms with Crippen molar-refractivity contribution in [3.05, 3.63) is 29.1 Å². The topological polar surface area (TPSA) is 50.2 Å². The Labute approximate surface area is 76.4 Å². The summed E-state index contributed by atoms with van der Waals surface area (Å²) in [6.45, 7) is 1.76. The molecular weight excluding hydrogens is 166 g/mol. The van der Waals surface area contributed by atoms with Gasteiger partial charge in [0.15, 0.2) is 6.29 Å². The molecule has 0 saturated heterocycles. The van der Waals surface area contributed by atoms with E-state index in [0.29, 0.717) is 12.0 Å². The van der Waals surface area contributed by atoms with E-state index >= 15 is 0 Å². The Morgan fingerprint density at radius 1 is 1.62 bits per heavy atom. The van der Waals surface area contributed by atoms with Gasteiger partial charge in [0.1, 0.15) is 0 Å². The second kappa shape index (κ2) is 2.64. The predicted octanol–water partition coefficient (Wildman–Crippen LogP) is 1.05. The Bertz CT molecular complexity index is 358. The van der Waals surface area contributed by atoms with Crippen LogP contribution in [0.1, 0.15) is 34.8 Å². The van der Waals surface area contributed by atoms with Crippen molar-refractivity contribution in [1.82, 2.24) is 4.98 Å². The molecule has 0 spiro atoms. The molecule has 1 N–H and O–H groups in total. The highest BCUT2D eigenvalue weighted by molar-refractivity contribution is 5.77. The Morgan fingerprint density at radius 2 is 2.38 bits per heavy atom. The van der Waals surface area contributed by atoms with Crippen LogP contribution in [0.25, 0.3) is 0 Å². The van der Waals surface area contributed by atoms with Crippen molar-refractivity contribution in [3.63, 3.8) is 0 Å². The number of rotatable bonds is 1. The molecule has 0 unspecified atom stereocenters. The molecule has 0 bridgehead atoms. The second-order valence-electron chi connectivity index (χ2n) is 3.65. The standard InChI is InChI=1S/C10H11NO2/c1-10(13)3-2-8-7(6-12)4-11-5-9(8)10/h4-6,13H,2-3H2,1H3/t10-/m0/s1. The molecule has 68 valence electrons. The van der Waals surface area contributed by atoms with Gasteiger partial charge in [-0.3, -0.25) is 9.78 Å². The molecule has 1 heterocycles. The average Bonchev–Trinajstić information content (AvgIpc) is 2.43. The summed E-state index contributed by atoms with van der Waals surface area (Å²) in [5.74, 6) is 0. The maximum atomic E-state index is 10.7. The van der Waals surface area contributed by atoms with Crippen molar-refractivity contribution in [2.45, 2.75) is 25.4 Å². The number of carbonyl (C=O) groups excluding carboxylic acids is 1. The van der Waals surface area contributed by atoms with Crippen LogP contribution in [-0.2, 0) is 12.0 Å². The fourth-order valence-electron chi connectivity index (χ4n) is 1.85. The summed E-state index contributed by atoms with van der Waals surface area (Å²) in [7, 11) is 0. The minimum absolute atomic E-state index is 0.607. The fourth-order valence-corrected chi connectivity index (χ4v) is 1.85. The van der Waals surface area contributed by atoms with Crippen molar-refractivity contribution < 1.29 is 9.90 Å². The SMILES string of the molecule is C[C@]1(O)CCc2c(C=O)cncc21. The maximum absolute atomic E-state index is 10.7. The molecule has 0 radical (unpaired) electrons. The van der Waals surface area contributed by atoms with E-state index in [1.807, 2.05) is 0 Å². The van der Waals surface area contributed by atoms with E-state index in [1.165, 1.54) is 0 Å². The number of hydrogen-bond acceptors (Lipinski definition) is 3. The summed E-state index contributed by atoms with van der Waals surface area (Å²) >= 11 is 0. The number of fused-ring (bicyclic) bond motifs is 1. The summed E-state index contributed by atoms with van der Waals surface area (Å²) in [6, 6.07) is 0. The number of aliphatic hydroxyl groups is 1. The molecule has 0 saturated carbocycles. The Morgan fingerprint density at radius 3 is 3.08 bits per heavy atom. The van der Waals surface area contributed by atoms with Crippen LogP contribution in [0.4, 0.5) is 0 Å². The molecule has 1 atom stereocenters. The zero-order chi connectivity index (χ0) is 9.47. The maximum Gasteiger partial charge on any atom is 0.151 e. The van der Waals surface area contributed by atoms with E-state index in [1.54, 1.807) is 19.3 Å². The van der Waals surface area contributed by atoms with Crippen molar-refractivity contribution >= 4 is 6.29 Å². The van der Waals surface area contributed by atoms with E-state index in [4.69, 9.17) is 0 Å². The van der Waals surface area contributed by atoms with Crippen LogP contribution in [0.3, 0.4) is 0 Å². The number of nitrogens with zero attached hydrogens (tertiary/aromatic N) is 1. The van der Waals surface area contributed by atoms with Crippen LogP contribution in [0.5, 0.6) is 0 Å². The van der Waals surface area contributed by atoms with E-state index in [0.717, 1.165) is 23.8 Å². The van der Waals surface area contributed by atoms with Crippen LogP contribution >= 0.6 is 0 Å². The number of pyridine rings is 1. The van der Waals surface area contributed by atoms with Gasteiger partial charge in [0.25, 0.3) is 0 Å². The van der Waals surface area contributed by atoms with Crippen molar-refractivity contribution in [2.75, 3.05) is 0 Å². The molecule has 0 aliphatic heterocycles. The molecule has 0 aromatic carbocycles. The third kappa shape index (κ3) is 1.16. The molecule has 3 heteroatoms. The van der Waals surface area contributed by atoms with Gasteiger partial charge < -0.3 is 5.11 Å². The normalized spacial score (nSPS) is 25.7. The van der Waals surface area contributed by atoms with Crippen molar-refractivity contribution in [2.24, 2.45) is 0 Å². The molecular formula is C10H11NO2. The number of carbonyl (C=O) groups is 1. The Kier molecular flexibility index (Phi) is 1.70. The smallest absolute Gasteiger partial charge is 0.151 e. The summed E-state index contributed by atoms with van der Waals surface area (Å²) in [5, 5.41) is 9.91. The van der Waals surface area contributed by atoms with Crippen LogP contribution in [0, 0.1) is 0 Å². The van der Waals surface area contributed by atoms with Gasteiger partial charge in [0.05, 0.1) is 5.60 Å². The van der Waals surface area contributed by atoms with Gasteiger partial charge in [-0.15, -0.1) is 0 Å². The molecule has 1 aliphatic carbocycles. The number of aromatic nitrogens is 1. The largest absolute Gasteiger partial charge is 0.385 e. The van der Waals surface area contributed by atoms with E-state index in [9.17, 15) is 9.90 Å². The van der Waals surface area contributed by atoms with Gasteiger partial charge in [-0.05, 0) is 25.3 Å². The average molecular weight is 177 g/mol. The lowest BCUT2D eigenvalue weighted by atomic mass is 9.99. The summed E-state index contributed by atoms with van der Waals surface area (Å²) in [6.07, 6.45) is 5.43. The first kappa shape index (κ1) is 8.38. The molecule has 1 aliphatic rings. The van der Waals surface area contributed by atoms with E-state index in [-0.39, 0.29) is 0 Å². The quantitative estimate of drug-likeness (QED) is 0.652. The lowest BCUT2D eigenvalue weighted by Gasteiger charge is -2.16. The van der Waals surface area contributed by atoms with Crippen LogP contribution in [-0.4, -0.2) is 16.4 Å². The summed E-state index contributed by atoms with van der Waals surface area (Å²) in [4.78, 5) is 14.6. The molecule has 0 fully saturated rings. The summed E-state index contributed by atoms with van der Waals surface area (Å²) in [5.41, 5.74) is 1.56. The van der Waals surface area contributed by atoms with Gasteiger partial charge in [0, 0.05) is 23.5 Å². The molecule has 3 nitrogen and oxygen atoms in total. The van der Waals surface area contributed by atoms with E-state index in [2.05, 4.69) is 4.98 Å². The first-order valence-electron chi connectivity index (χ1n) is 4.30. The van der Waals surface area contributed by atoms with Crippen LogP contribution in [0.2, 0.25) is 0 Å². The molecule has 1 aromatic heterocycles. The molecule has 13 heavy (non-hydrogen) atoms. The Balaban J connectivity index is 2.62. The third-order valence-electron chi connectivity index (χ3n) is 2.66. The number of hydrogen-bond donors (Lipinski definition) is 1. The van der Waals surface area contributed by atoms with Gasteiger partial charge in [-0.2, -0.15) is 0 Å². The molecule has 1 aromatic rings. The fraction of sp³-hybridized carbons (Fsp3) is 0.400. The van der Waals surface area contributed by atoms with Gasteiger partial charge >= 0.3 is 0 Å². The third-order valence-corrected chi connectivity index (χ3v) is 2.66. The second-order valence-corrected chi connectivity index (χ2v) is 3.65. The van der Waals surface area contributed by atoms with Gasteiger partial charge in [-0.25, -0.2) is 0 Å². The monoisotopic (exact) mass is 177 g/mol. The highest BCUT2D eigenvalue weighted by atomic mass is 16.3. The zero-order valence-electron chi connectivity index (χ0n) is 7.45. The Hall–Kier alpha value is -1.22. The first-order chi connectivity index (χ1) is 6.15. The van der Waals surface area contributed by atoms with E-state index < -0.39 is 5.60 Å². The number of aldehydes is 1. The molecule has 2 rings (SSSR count). The van der Waals surface area contributed by atoms with Crippen LogP contribution in [0.15, 0.2) is 12.4 Å². The minimum atomic E-state index is -0.804. The van der Waals surface area contributed by atoms with Crippen LogP contribution < -0.4 is 0 Å². The predicted molar refractivity (Wildman–Crippen MR) is 47.5 cm³/mol. The summed E-state index contributed by atoms with van der Waals surface area (Å²) < 4.78 is 0. The van der Waals surface area contributed by atoms with Gasteiger partial charge in [0.2, 0.25) is 0 Å². The minimum Gasteiger partial charge on any atom is -0.385 e. The highest BCUT2D eigenvalue weighted by Crippen LogP contribution is 2.36. The first-order valence-corrected chi connectivity index (χ1v) is 4.30.